The number of rotatable bonds is 11. The highest BCUT2D eigenvalue weighted by molar-refractivity contribution is 7.20. The van der Waals surface area contributed by atoms with Gasteiger partial charge in [0, 0.05) is 13.1 Å². The molecule has 1 aromatic heterocycles. The van der Waals surface area contributed by atoms with Gasteiger partial charge in [0.05, 0.1) is 22.2 Å². The summed E-state index contributed by atoms with van der Waals surface area (Å²) >= 11 is 1.35. The summed E-state index contributed by atoms with van der Waals surface area (Å²) in [5.41, 5.74) is 1.71. The predicted molar refractivity (Wildman–Crippen MR) is 147 cm³/mol. The zero-order valence-corrected chi connectivity index (χ0v) is 22.2. The Kier molecular flexibility index (Phi) is 11.3. The highest BCUT2D eigenvalue weighted by Crippen LogP contribution is 2.23. The molecular formula is C27H33ClN4O4S. The Morgan fingerprint density at radius 3 is 2.62 bits per heavy atom. The number of unbranched alkanes of at least 4 members (excludes halogenated alkanes) is 1. The van der Waals surface area contributed by atoms with Crippen LogP contribution in [-0.4, -0.2) is 48.4 Å². The molecule has 1 unspecified atom stereocenters. The maximum absolute atomic E-state index is 13.4. The van der Waals surface area contributed by atoms with Gasteiger partial charge in [-0.1, -0.05) is 42.5 Å². The van der Waals surface area contributed by atoms with Crippen molar-refractivity contribution in [2.75, 3.05) is 19.6 Å². The molecule has 0 spiro atoms. The lowest BCUT2D eigenvalue weighted by molar-refractivity contribution is -0.126. The summed E-state index contributed by atoms with van der Waals surface area (Å²) in [6.45, 7) is 2.19. The second kappa shape index (κ2) is 14.7. The standard InChI is InChI=1S/C27H32N4O4S.ClH/c32-24(26-31-21-12-4-5-14-23(21)36-26)22(30-25(33)20-11-8-15-28-17-20)13-6-7-16-29-27(34)35-18-19-9-2-1-3-10-19;/h1-5,9-10,12,14,20,22,28H,6-8,11,13,15-18H2,(H,29,34)(H,30,33);1H/t20-,22?;/m0./s1. The number of thiazole rings is 1. The van der Waals surface area contributed by atoms with E-state index in [-0.39, 0.29) is 36.6 Å². The first kappa shape index (κ1) is 28.6. The maximum atomic E-state index is 13.4. The molecule has 4 rings (SSSR count). The van der Waals surface area contributed by atoms with Crippen LogP contribution >= 0.6 is 23.7 Å². The number of hydrogen-bond acceptors (Lipinski definition) is 7. The summed E-state index contributed by atoms with van der Waals surface area (Å²) in [6.07, 6.45) is 3.07. The molecule has 0 aliphatic carbocycles. The normalized spacial score (nSPS) is 15.8. The fourth-order valence-corrected chi connectivity index (χ4v) is 5.16. The lowest BCUT2D eigenvalue weighted by Gasteiger charge is -2.24. The van der Waals surface area contributed by atoms with Gasteiger partial charge in [0.15, 0.2) is 5.01 Å². The lowest BCUT2D eigenvalue weighted by atomic mass is 9.97. The molecule has 1 aliphatic heterocycles. The van der Waals surface area contributed by atoms with E-state index in [9.17, 15) is 14.4 Å². The van der Waals surface area contributed by atoms with E-state index in [1.165, 1.54) is 11.3 Å². The molecular weight excluding hydrogens is 512 g/mol. The number of amides is 2. The fraction of sp³-hybridized carbons (Fsp3) is 0.407. The fourth-order valence-electron chi connectivity index (χ4n) is 4.20. The first-order valence-electron chi connectivity index (χ1n) is 12.5. The second-order valence-corrected chi connectivity index (χ2v) is 9.97. The quantitative estimate of drug-likeness (QED) is 0.242. The average molecular weight is 545 g/mol. The number of carbonyl (C=O) groups excluding carboxylic acids is 3. The Morgan fingerprint density at radius 1 is 1.08 bits per heavy atom. The van der Waals surface area contributed by atoms with Crippen molar-refractivity contribution in [3.63, 3.8) is 0 Å². The molecule has 2 amide bonds. The highest BCUT2D eigenvalue weighted by Gasteiger charge is 2.28. The molecule has 2 heterocycles. The minimum atomic E-state index is -0.648. The predicted octanol–water partition coefficient (Wildman–Crippen LogP) is 4.48. The molecule has 2 aromatic carbocycles. The number of para-hydroxylation sites is 1. The third kappa shape index (κ3) is 8.52. The number of ketones is 1. The van der Waals surface area contributed by atoms with E-state index in [1.807, 2.05) is 54.6 Å². The van der Waals surface area contributed by atoms with E-state index < -0.39 is 12.1 Å². The van der Waals surface area contributed by atoms with E-state index >= 15 is 0 Å². The number of piperidine rings is 1. The van der Waals surface area contributed by atoms with Gasteiger partial charge in [0.1, 0.15) is 6.61 Å². The van der Waals surface area contributed by atoms with Crippen molar-refractivity contribution in [1.82, 2.24) is 20.9 Å². The van der Waals surface area contributed by atoms with Crippen LogP contribution in [0.2, 0.25) is 0 Å². The number of Topliss-reactive ketones (excluding diaryl/α,β-unsaturated/α-hetero) is 1. The van der Waals surface area contributed by atoms with Gasteiger partial charge in [-0.25, -0.2) is 9.78 Å². The number of fused-ring (bicyclic) bond motifs is 1. The number of nitrogens with one attached hydrogen (secondary N) is 3. The number of carbonyl (C=O) groups is 3. The van der Waals surface area contributed by atoms with Gasteiger partial charge in [-0.05, 0) is 56.3 Å². The summed E-state index contributed by atoms with van der Waals surface area (Å²) in [5.74, 6) is -0.390. The number of alkyl carbamates (subject to hydrolysis) is 1. The van der Waals surface area contributed by atoms with E-state index in [4.69, 9.17) is 4.74 Å². The minimum Gasteiger partial charge on any atom is -0.445 e. The lowest BCUT2D eigenvalue weighted by Crippen LogP contribution is -2.47. The van der Waals surface area contributed by atoms with Gasteiger partial charge in [0.2, 0.25) is 11.7 Å². The number of nitrogens with zero attached hydrogens (tertiary/aromatic N) is 1. The molecule has 3 aromatic rings. The van der Waals surface area contributed by atoms with Crippen molar-refractivity contribution in [3.05, 3.63) is 65.2 Å². The first-order chi connectivity index (χ1) is 17.6. The van der Waals surface area contributed by atoms with Crippen molar-refractivity contribution in [2.45, 2.75) is 44.8 Å². The van der Waals surface area contributed by atoms with Crippen LogP contribution in [0.5, 0.6) is 0 Å². The number of benzene rings is 2. The average Bonchev–Trinajstić information content (AvgIpc) is 3.36. The van der Waals surface area contributed by atoms with Crippen LogP contribution in [0, 0.1) is 5.92 Å². The third-order valence-electron chi connectivity index (χ3n) is 6.21. The van der Waals surface area contributed by atoms with Crippen LogP contribution in [0.4, 0.5) is 4.79 Å². The zero-order valence-electron chi connectivity index (χ0n) is 20.6. The smallest absolute Gasteiger partial charge is 0.407 e. The second-order valence-electron chi connectivity index (χ2n) is 8.94. The molecule has 0 radical (unpaired) electrons. The van der Waals surface area contributed by atoms with Crippen molar-refractivity contribution < 1.29 is 19.1 Å². The summed E-state index contributed by atoms with van der Waals surface area (Å²) in [4.78, 5) is 42.7. The molecule has 1 fully saturated rings. The van der Waals surface area contributed by atoms with Crippen molar-refractivity contribution in [2.24, 2.45) is 5.92 Å². The maximum Gasteiger partial charge on any atom is 0.407 e. The molecule has 10 heteroatoms. The van der Waals surface area contributed by atoms with Crippen molar-refractivity contribution in [3.8, 4) is 0 Å². The Balaban J connectivity index is 0.00000380. The molecule has 1 saturated heterocycles. The number of aromatic nitrogens is 1. The van der Waals surface area contributed by atoms with Gasteiger partial charge < -0.3 is 20.7 Å². The highest BCUT2D eigenvalue weighted by atomic mass is 35.5. The molecule has 8 nitrogen and oxygen atoms in total. The number of ether oxygens (including phenoxy) is 1. The van der Waals surface area contributed by atoms with E-state index in [2.05, 4.69) is 20.9 Å². The van der Waals surface area contributed by atoms with Gasteiger partial charge in [0.25, 0.3) is 0 Å². The van der Waals surface area contributed by atoms with Gasteiger partial charge in [-0.3, -0.25) is 9.59 Å². The summed E-state index contributed by atoms with van der Waals surface area (Å²) in [7, 11) is 0. The Morgan fingerprint density at radius 2 is 1.86 bits per heavy atom. The molecule has 3 N–H and O–H groups in total. The first-order valence-corrected chi connectivity index (χ1v) is 13.3. The molecule has 2 atom stereocenters. The number of halogens is 1. The molecule has 0 saturated carbocycles. The van der Waals surface area contributed by atoms with Gasteiger partial charge in [-0.15, -0.1) is 23.7 Å². The monoisotopic (exact) mass is 544 g/mol. The van der Waals surface area contributed by atoms with Crippen LogP contribution in [-0.2, 0) is 16.1 Å². The Bertz CT molecular complexity index is 1130. The Hall–Kier alpha value is -3.01. The molecule has 0 bridgehead atoms. The van der Waals surface area contributed by atoms with Gasteiger partial charge >= 0.3 is 6.09 Å². The summed E-state index contributed by atoms with van der Waals surface area (Å²) in [5, 5.41) is 9.40. The van der Waals surface area contributed by atoms with Crippen LogP contribution < -0.4 is 16.0 Å². The van der Waals surface area contributed by atoms with Crippen LogP contribution in [0.25, 0.3) is 10.2 Å². The Labute approximate surface area is 227 Å². The van der Waals surface area contributed by atoms with E-state index in [0.29, 0.717) is 37.4 Å². The summed E-state index contributed by atoms with van der Waals surface area (Å²) in [6, 6.07) is 16.5. The molecule has 37 heavy (non-hydrogen) atoms. The molecule has 198 valence electrons. The van der Waals surface area contributed by atoms with Crippen LogP contribution in [0.15, 0.2) is 54.6 Å². The largest absolute Gasteiger partial charge is 0.445 e. The zero-order chi connectivity index (χ0) is 25.2. The van der Waals surface area contributed by atoms with Crippen LogP contribution in [0.3, 0.4) is 0 Å². The molecule has 1 aliphatic rings. The van der Waals surface area contributed by atoms with E-state index in [0.717, 1.165) is 35.2 Å². The minimum absolute atomic E-state index is 0. The van der Waals surface area contributed by atoms with Crippen LogP contribution in [0.1, 0.15) is 47.5 Å². The topological polar surface area (TPSA) is 109 Å². The SMILES string of the molecule is Cl.O=C(NCCCCC(NC(=O)[C@H]1CCCNC1)C(=O)c1nc2ccccc2s1)OCc1ccccc1. The van der Waals surface area contributed by atoms with Crippen molar-refractivity contribution >= 4 is 51.7 Å². The number of hydrogen-bond donors (Lipinski definition) is 3. The van der Waals surface area contributed by atoms with Crippen molar-refractivity contribution in [1.29, 1.82) is 0 Å². The third-order valence-corrected chi connectivity index (χ3v) is 7.26. The van der Waals surface area contributed by atoms with E-state index in [1.54, 1.807) is 0 Å². The summed E-state index contributed by atoms with van der Waals surface area (Å²) < 4.78 is 6.17. The van der Waals surface area contributed by atoms with Gasteiger partial charge in [-0.2, -0.15) is 0 Å².